The molecule has 0 aliphatic carbocycles. The highest BCUT2D eigenvalue weighted by atomic mass is 16.5. The predicted molar refractivity (Wildman–Crippen MR) is 108 cm³/mol. The topological polar surface area (TPSA) is 44.8 Å². The van der Waals surface area contributed by atoms with Crippen LogP contribution in [0.4, 0.5) is 0 Å². The maximum Gasteiger partial charge on any atom is 0.167 e. The van der Waals surface area contributed by atoms with Gasteiger partial charge in [0.05, 0.1) is 21.3 Å². The second-order valence-electron chi connectivity index (χ2n) is 7.20. The van der Waals surface area contributed by atoms with Crippen LogP contribution in [-0.4, -0.2) is 27.1 Å². The van der Waals surface area contributed by atoms with Crippen LogP contribution in [0.1, 0.15) is 66.6 Å². The van der Waals surface area contributed by atoms with Gasteiger partial charge in [-0.25, -0.2) is 0 Å². The van der Waals surface area contributed by atoms with Crippen molar-refractivity contribution in [2.24, 2.45) is 0 Å². The first kappa shape index (κ1) is 20.8. The molecule has 0 spiro atoms. The first-order chi connectivity index (χ1) is 12.8. The number of carbonyl (C=O) groups is 1. The summed E-state index contributed by atoms with van der Waals surface area (Å²) in [4.78, 5) is 13.1. The van der Waals surface area contributed by atoms with E-state index in [1.54, 1.807) is 33.5 Å². The number of ketones is 1. The van der Waals surface area contributed by atoms with Crippen molar-refractivity contribution in [3.63, 3.8) is 0 Å². The molecule has 0 heterocycles. The molecule has 0 atom stereocenters. The second-order valence-corrected chi connectivity index (χ2v) is 7.20. The number of hydrogen-bond acceptors (Lipinski definition) is 4. The number of carbonyl (C=O) groups excluding carboxylic acids is 1. The Labute approximate surface area is 162 Å². The first-order valence-corrected chi connectivity index (χ1v) is 9.19. The molecule has 4 heteroatoms. The van der Waals surface area contributed by atoms with Crippen molar-refractivity contribution in [3.05, 3.63) is 52.6 Å². The molecule has 0 aliphatic rings. The van der Waals surface area contributed by atoms with E-state index in [0.717, 1.165) is 16.7 Å². The van der Waals surface area contributed by atoms with E-state index in [1.807, 2.05) is 12.1 Å². The molecular formula is C23H29O4. The van der Waals surface area contributed by atoms with Crippen LogP contribution in [0.3, 0.4) is 0 Å². The number of rotatable bonds is 8. The van der Waals surface area contributed by atoms with Gasteiger partial charge in [-0.15, -0.1) is 0 Å². The van der Waals surface area contributed by atoms with Gasteiger partial charge in [0.2, 0.25) is 0 Å². The maximum atomic E-state index is 13.1. The summed E-state index contributed by atoms with van der Waals surface area (Å²) in [6.07, 6.45) is 0.190. The number of methoxy groups -OCH3 is 3. The summed E-state index contributed by atoms with van der Waals surface area (Å²) in [5.41, 5.74) is 3.52. The predicted octanol–water partition coefficient (Wildman–Crippen LogP) is 5.18. The average Bonchev–Trinajstić information content (AvgIpc) is 2.67. The molecule has 0 aliphatic heterocycles. The third-order valence-electron chi connectivity index (χ3n) is 4.63. The minimum atomic E-state index is 0.0227. The molecule has 2 aromatic rings. The van der Waals surface area contributed by atoms with Crippen LogP contribution in [0, 0.1) is 6.07 Å². The summed E-state index contributed by atoms with van der Waals surface area (Å²) in [5, 5.41) is 0. The third-order valence-corrected chi connectivity index (χ3v) is 4.63. The van der Waals surface area contributed by atoms with E-state index in [9.17, 15) is 4.79 Å². The van der Waals surface area contributed by atoms with Crippen LogP contribution in [0.15, 0.2) is 24.3 Å². The van der Waals surface area contributed by atoms with Gasteiger partial charge in [-0.05, 0) is 41.2 Å². The van der Waals surface area contributed by atoms with Crippen LogP contribution < -0.4 is 14.2 Å². The molecular weight excluding hydrogens is 340 g/mol. The van der Waals surface area contributed by atoms with Crippen molar-refractivity contribution in [1.82, 2.24) is 0 Å². The van der Waals surface area contributed by atoms with Gasteiger partial charge < -0.3 is 14.2 Å². The Bertz CT molecular complexity index is 755. The van der Waals surface area contributed by atoms with Gasteiger partial charge in [-0.1, -0.05) is 27.7 Å². The molecule has 0 amide bonds. The lowest BCUT2D eigenvalue weighted by molar-refractivity contribution is 0.0991. The highest BCUT2D eigenvalue weighted by Crippen LogP contribution is 2.35. The minimum Gasteiger partial charge on any atom is -0.496 e. The molecule has 2 rings (SSSR count). The van der Waals surface area contributed by atoms with Crippen molar-refractivity contribution in [3.8, 4) is 17.2 Å². The number of Topliss-reactive ketones (excluding diaryl/α,β-unsaturated/α-hetero) is 1. The molecule has 0 fully saturated rings. The average molecular weight is 369 g/mol. The minimum absolute atomic E-state index is 0.0227. The lowest BCUT2D eigenvalue weighted by Gasteiger charge is -2.16. The summed E-state index contributed by atoms with van der Waals surface area (Å²) < 4.78 is 16.2. The summed E-state index contributed by atoms with van der Waals surface area (Å²) in [6, 6.07) is 10.9. The molecule has 0 saturated heterocycles. The van der Waals surface area contributed by atoms with Crippen LogP contribution in [-0.2, 0) is 6.42 Å². The van der Waals surface area contributed by atoms with Crippen LogP contribution in [0.2, 0.25) is 0 Å². The van der Waals surface area contributed by atoms with Crippen LogP contribution in [0.5, 0.6) is 17.2 Å². The van der Waals surface area contributed by atoms with E-state index in [2.05, 4.69) is 33.8 Å². The maximum absolute atomic E-state index is 13.1. The van der Waals surface area contributed by atoms with Crippen LogP contribution in [0.25, 0.3) is 0 Å². The largest absolute Gasteiger partial charge is 0.496 e. The molecule has 2 aromatic carbocycles. The summed E-state index contributed by atoms with van der Waals surface area (Å²) in [7, 11) is 4.74. The standard InChI is InChI=1S/C23H29O4/c1-14(2)16-8-17(15(3)4)10-18(9-16)21(24)13-20-22(26-6)11-19(25-5)12-23(20)27-7/h9-12,14-15H,13H2,1-7H3. The van der Waals surface area contributed by atoms with E-state index in [-0.39, 0.29) is 12.2 Å². The Morgan fingerprint density at radius 1 is 0.852 bits per heavy atom. The molecule has 27 heavy (non-hydrogen) atoms. The Balaban J connectivity index is 2.46. The third kappa shape index (κ3) is 4.82. The van der Waals surface area contributed by atoms with E-state index in [1.165, 1.54) is 0 Å². The lowest BCUT2D eigenvalue weighted by atomic mass is 9.90. The smallest absolute Gasteiger partial charge is 0.167 e. The molecule has 0 N–H and O–H groups in total. The van der Waals surface area contributed by atoms with Crippen molar-refractivity contribution >= 4 is 5.78 Å². The SMILES string of the molecule is COc1cc(OC)c(CC(=O)c2cc(C(C)C)[c]c(C(C)C)c2)c(OC)c1. The molecule has 0 unspecified atom stereocenters. The molecule has 4 nitrogen and oxygen atoms in total. The Morgan fingerprint density at radius 3 is 1.70 bits per heavy atom. The fourth-order valence-electron chi connectivity index (χ4n) is 2.91. The van der Waals surface area contributed by atoms with Gasteiger partial charge in [-0.2, -0.15) is 0 Å². The molecule has 0 bridgehead atoms. The highest BCUT2D eigenvalue weighted by molar-refractivity contribution is 5.98. The van der Waals surface area contributed by atoms with Gasteiger partial charge in [0.15, 0.2) is 5.78 Å². The molecule has 0 saturated carbocycles. The molecule has 145 valence electrons. The quantitative estimate of drug-likeness (QED) is 0.601. The summed E-state index contributed by atoms with van der Waals surface area (Å²) >= 11 is 0. The Kier molecular flexibility index (Phi) is 6.89. The van der Waals surface area contributed by atoms with Crippen molar-refractivity contribution in [1.29, 1.82) is 0 Å². The monoisotopic (exact) mass is 369 g/mol. The van der Waals surface area contributed by atoms with Gasteiger partial charge in [-0.3, -0.25) is 4.79 Å². The van der Waals surface area contributed by atoms with E-state index in [0.29, 0.717) is 34.6 Å². The number of benzene rings is 2. The zero-order valence-corrected chi connectivity index (χ0v) is 17.3. The zero-order chi connectivity index (χ0) is 20.1. The zero-order valence-electron chi connectivity index (χ0n) is 17.3. The fourth-order valence-corrected chi connectivity index (χ4v) is 2.91. The highest BCUT2D eigenvalue weighted by Gasteiger charge is 2.19. The normalized spacial score (nSPS) is 11.0. The lowest BCUT2D eigenvalue weighted by Crippen LogP contribution is -2.09. The van der Waals surface area contributed by atoms with Crippen LogP contribution >= 0.6 is 0 Å². The van der Waals surface area contributed by atoms with Crippen molar-refractivity contribution < 1.29 is 19.0 Å². The van der Waals surface area contributed by atoms with E-state index in [4.69, 9.17) is 14.2 Å². The van der Waals surface area contributed by atoms with E-state index >= 15 is 0 Å². The van der Waals surface area contributed by atoms with Crippen molar-refractivity contribution in [2.45, 2.75) is 46.0 Å². The van der Waals surface area contributed by atoms with Gasteiger partial charge in [0.25, 0.3) is 0 Å². The number of hydrogen-bond donors (Lipinski definition) is 0. The van der Waals surface area contributed by atoms with Gasteiger partial charge in [0, 0.05) is 29.7 Å². The first-order valence-electron chi connectivity index (χ1n) is 9.19. The Hall–Kier alpha value is -2.49. The molecule has 1 radical (unpaired) electrons. The Morgan fingerprint density at radius 2 is 1.33 bits per heavy atom. The van der Waals surface area contributed by atoms with Gasteiger partial charge in [0.1, 0.15) is 17.2 Å². The summed E-state index contributed by atoms with van der Waals surface area (Å²) in [6.45, 7) is 8.44. The van der Waals surface area contributed by atoms with Gasteiger partial charge >= 0.3 is 0 Å². The second kappa shape index (κ2) is 8.94. The number of ether oxygens (including phenoxy) is 3. The molecule has 0 aromatic heterocycles. The van der Waals surface area contributed by atoms with Crippen molar-refractivity contribution in [2.75, 3.05) is 21.3 Å². The fraction of sp³-hybridized carbons (Fsp3) is 0.435. The van der Waals surface area contributed by atoms with E-state index < -0.39 is 0 Å². The summed E-state index contributed by atoms with van der Waals surface area (Å²) in [5.74, 6) is 2.42.